The normalized spacial score (nSPS) is 21.9. The van der Waals surface area contributed by atoms with E-state index < -0.39 is 6.10 Å². The molecule has 0 aliphatic carbocycles. The van der Waals surface area contributed by atoms with Crippen LogP contribution in [0.25, 0.3) is 10.9 Å². The van der Waals surface area contributed by atoms with Gasteiger partial charge in [0, 0.05) is 112 Å². The summed E-state index contributed by atoms with van der Waals surface area (Å²) in [7, 11) is 2.07. The Balaban J connectivity index is 0.000000262. The van der Waals surface area contributed by atoms with Crippen molar-refractivity contribution in [2.24, 2.45) is 0 Å². The number of amides is 2. The summed E-state index contributed by atoms with van der Waals surface area (Å²) in [5.41, 5.74) is 4.46. The number of anilines is 3. The predicted molar refractivity (Wildman–Crippen MR) is 249 cm³/mol. The third-order valence-corrected chi connectivity index (χ3v) is 13.3. The van der Waals surface area contributed by atoms with E-state index in [0.717, 1.165) is 46.9 Å². The molecule has 0 bridgehead atoms. The first-order valence-electron chi connectivity index (χ1n) is 21.7. The van der Waals surface area contributed by atoms with Crippen molar-refractivity contribution >= 4 is 63.1 Å². The Hall–Kier alpha value is -5.41. The van der Waals surface area contributed by atoms with Crippen LogP contribution in [-0.2, 0) is 0 Å². The van der Waals surface area contributed by atoms with Gasteiger partial charge in [0.1, 0.15) is 11.6 Å². The van der Waals surface area contributed by atoms with Crippen LogP contribution in [0.2, 0.25) is 10.0 Å². The Bertz CT molecular complexity index is 2440. The van der Waals surface area contributed by atoms with Crippen LogP contribution in [0.5, 0.6) is 0 Å². The van der Waals surface area contributed by atoms with E-state index in [1.165, 1.54) is 0 Å². The second-order valence-corrected chi connectivity index (χ2v) is 17.6. The third kappa shape index (κ3) is 9.31. The minimum absolute atomic E-state index is 0.0119. The lowest BCUT2D eigenvalue weighted by Crippen LogP contribution is -2.55. The van der Waals surface area contributed by atoms with Gasteiger partial charge in [0.05, 0.1) is 41.3 Å². The van der Waals surface area contributed by atoms with Crippen molar-refractivity contribution < 1.29 is 19.8 Å². The quantitative estimate of drug-likeness (QED) is 0.218. The van der Waals surface area contributed by atoms with Crippen molar-refractivity contribution in [1.29, 1.82) is 0 Å². The Morgan fingerprint density at radius 3 is 1.83 bits per heavy atom. The van der Waals surface area contributed by atoms with Crippen molar-refractivity contribution in [2.45, 2.75) is 24.7 Å². The topological polar surface area (TPSA) is 113 Å². The molecule has 0 radical (unpaired) electrons. The van der Waals surface area contributed by atoms with Crippen molar-refractivity contribution in [3.8, 4) is 0 Å². The molecule has 15 heteroatoms. The number of β-amino-alcohol motifs (C(OH)–C–C–N with tert-alkyl or cyclic N) is 2. The second kappa shape index (κ2) is 18.7. The molecule has 63 heavy (non-hydrogen) atoms. The fraction of sp³-hybridized carbons (Fsp3) is 0.354. The molecule has 2 amide bonds. The number of benzene rings is 4. The van der Waals surface area contributed by atoms with E-state index in [2.05, 4.69) is 72.1 Å². The predicted octanol–water partition coefficient (Wildman–Crippen LogP) is 5.73. The maximum Gasteiger partial charge on any atom is 0.253 e. The zero-order valence-corrected chi connectivity index (χ0v) is 36.9. The summed E-state index contributed by atoms with van der Waals surface area (Å²) in [6.07, 6.45) is 2.29. The van der Waals surface area contributed by atoms with Gasteiger partial charge in [-0.25, -0.2) is 9.99 Å². The standard InChI is InChI=1S/C35H39Cl2N7O3.C13H14N2O/c1-38-29-4-2-3-5-30(29)44(43-20-18-41(19-21-43)35(47)26-8-12-28(37)13-9-26)24-33(38)42-22-31(32(45)23-42)39-14-16-40(17-15-39)34(46)25-6-10-27(36)11-7-25;16-11-7-8-15(9-11)13-6-5-10-3-1-2-4-12(10)14-13/h2-13,24,31-32,45H,14-23H2,1H3;1-6,11,16H,7-9H2. The Morgan fingerprint density at radius 1 is 0.619 bits per heavy atom. The van der Waals surface area contributed by atoms with Gasteiger partial charge in [0.25, 0.3) is 11.8 Å². The van der Waals surface area contributed by atoms with Gasteiger partial charge in [-0.15, -0.1) is 0 Å². The minimum atomic E-state index is -0.518. The van der Waals surface area contributed by atoms with Crippen molar-refractivity contribution in [3.63, 3.8) is 0 Å². The Morgan fingerprint density at radius 2 is 1.21 bits per heavy atom. The number of para-hydroxylation sites is 3. The molecule has 2 N–H and O–H groups in total. The van der Waals surface area contributed by atoms with Gasteiger partial charge >= 0.3 is 0 Å². The molecule has 5 aliphatic rings. The largest absolute Gasteiger partial charge is 0.391 e. The van der Waals surface area contributed by atoms with E-state index in [1.807, 2.05) is 46.2 Å². The molecule has 4 aromatic carbocycles. The number of aliphatic hydroxyl groups excluding tert-OH is 2. The van der Waals surface area contributed by atoms with E-state index in [-0.39, 0.29) is 24.0 Å². The van der Waals surface area contributed by atoms with Crippen LogP contribution in [0.1, 0.15) is 27.1 Å². The maximum absolute atomic E-state index is 13.2. The number of likely N-dealkylation sites (tertiary alicyclic amines) is 1. The first-order valence-corrected chi connectivity index (χ1v) is 22.5. The highest BCUT2D eigenvalue weighted by Crippen LogP contribution is 2.39. The summed E-state index contributed by atoms with van der Waals surface area (Å²) in [5.74, 6) is 2.01. The third-order valence-electron chi connectivity index (χ3n) is 12.8. The summed E-state index contributed by atoms with van der Waals surface area (Å²) in [6, 6.07) is 34.6. The number of aromatic nitrogens is 1. The van der Waals surface area contributed by atoms with Crippen LogP contribution in [0.4, 0.5) is 17.2 Å². The smallest absolute Gasteiger partial charge is 0.253 e. The molecule has 3 atom stereocenters. The summed E-state index contributed by atoms with van der Waals surface area (Å²) >= 11 is 12.0. The summed E-state index contributed by atoms with van der Waals surface area (Å²) in [6.45, 7) is 8.02. The van der Waals surface area contributed by atoms with E-state index >= 15 is 0 Å². The van der Waals surface area contributed by atoms with Gasteiger partial charge in [-0.2, -0.15) is 0 Å². The lowest BCUT2D eigenvalue weighted by molar-refractivity contribution is 0.0376. The number of hydrogen-bond donors (Lipinski definition) is 2. The molecule has 10 rings (SSSR count). The maximum atomic E-state index is 13.2. The molecular weight excluding hydrogens is 837 g/mol. The molecular formula is C48H53Cl2N9O4. The van der Waals surface area contributed by atoms with E-state index in [1.54, 1.807) is 48.5 Å². The fourth-order valence-electron chi connectivity index (χ4n) is 9.28. The van der Waals surface area contributed by atoms with Crippen LogP contribution in [0.15, 0.2) is 121 Å². The van der Waals surface area contributed by atoms with E-state index in [0.29, 0.717) is 93.2 Å². The number of pyridine rings is 1. The highest BCUT2D eigenvalue weighted by Gasteiger charge is 2.41. The highest BCUT2D eigenvalue weighted by atomic mass is 35.5. The Labute approximate surface area is 378 Å². The number of carbonyl (C=O) groups is 2. The van der Waals surface area contributed by atoms with Gasteiger partial charge in [0.2, 0.25) is 0 Å². The number of hydrogen-bond acceptors (Lipinski definition) is 11. The zero-order chi connectivity index (χ0) is 43.6. The monoisotopic (exact) mass is 889 g/mol. The van der Waals surface area contributed by atoms with E-state index in [9.17, 15) is 19.8 Å². The first kappa shape index (κ1) is 42.9. The molecule has 1 aromatic heterocycles. The van der Waals surface area contributed by atoms with Crippen LogP contribution < -0.4 is 14.8 Å². The molecule has 328 valence electrons. The molecule has 5 aliphatic heterocycles. The Kier molecular flexibility index (Phi) is 12.8. The average Bonchev–Trinajstić information content (AvgIpc) is 3.94. The average molecular weight is 891 g/mol. The van der Waals surface area contributed by atoms with Crippen LogP contribution in [0, 0.1) is 0 Å². The summed E-state index contributed by atoms with van der Waals surface area (Å²) < 4.78 is 0. The number of halogens is 2. The number of aliphatic hydroxyl groups is 2. The second-order valence-electron chi connectivity index (χ2n) is 16.8. The van der Waals surface area contributed by atoms with Gasteiger partial charge in [0.15, 0.2) is 0 Å². The van der Waals surface area contributed by atoms with Crippen molar-refractivity contribution in [1.82, 2.24) is 29.6 Å². The highest BCUT2D eigenvalue weighted by molar-refractivity contribution is 6.31. The van der Waals surface area contributed by atoms with Gasteiger partial charge < -0.3 is 34.7 Å². The van der Waals surface area contributed by atoms with Gasteiger partial charge in [-0.3, -0.25) is 19.5 Å². The fourth-order valence-corrected chi connectivity index (χ4v) is 9.53. The lowest BCUT2D eigenvalue weighted by Gasteiger charge is -2.46. The minimum Gasteiger partial charge on any atom is -0.391 e. The van der Waals surface area contributed by atoms with Crippen LogP contribution in [-0.4, -0.2) is 155 Å². The van der Waals surface area contributed by atoms with Crippen LogP contribution in [0.3, 0.4) is 0 Å². The summed E-state index contributed by atoms with van der Waals surface area (Å²) in [5, 5.41) is 27.7. The van der Waals surface area contributed by atoms with Gasteiger partial charge in [-0.05, 0) is 85.3 Å². The number of nitrogens with zero attached hydrogens (tertiary/aromatic N) is 9. The number of carbonyl (C=O) groups excluding carboxylic acids is 2. The van der Waals surface area contributed by atoms with Gasteiger partial charge in [-0.1, -0.05) is 53.5 Å². The molecule has 4 saturated heterocycles. The zero-order valence-electron chi connectivity index (χ0n) is 35.4. The first-order chi connectivity index (χ1) is 30.6. The van der Waals surface area contributed by atoms with Crippen molar-refractivity contribution in [3.05, 3.63) is 142 Å². The molecule has 0 saturated carbocycles. The number of rotatable bonds is 6. The van der Waals surface area contributed by atoms with Crippen molar-refractivity contribution in [2.75, 3.05) is 100 Å². The lowest BCUT2D eigenvalue weighted by atomic mass is 10.1. The SMILES string of the molecule is CN1C(N2CC(O)C(N3CCN(C(=O)c4ccc(Cl)cc4)CC3)C2)=CN(N2CCN(C(=O)c3ccc(Cl)cc3)CC2)c2ccccc21.OC1CCN(c2ccc3ccccc3n2)C1. The number of hydrazine groups is 1. The molecule has 3 unspecified atom stereocenters. The van der Waals surface area contributed by atoms with E-state index in [4.69, 9.17) is 23.2 Å². The summed E-state index contributed by atoms with van der Waals surface area (Å²) in [4.78, 5) is 43.5. The molecule has 13 nitrogen and oxygen atoms in total. The number of piperazine rings is 2. The molecule has 4 fully saturated rings. The molecule has 5 aromatic rings. The van der Waals surface area contributed by atoms with Crippen LogP contribution >= 0.6 is 23.2 Å². The molecule has 0 spiro atoms. The number of fused-ring (bicyclic) bond motifs is 2. The molecule has 6 heterocycles.